The van der Waals surface area contributed by atoms with Crippen molar-refractivity contribution in [1.29, 1.82) is 0 Å². The Morgan fingerprint density at radius 3 is 2.69 bits per heavy atom. The number of fused-ring (bicyclic) bond motifs is 1. The molecule has 1 unspecified atom stereocenters. The average molecular weight is 380 g/mol. The Hall–Kier alpha value is -1.18. The Kier molecular flexibility index (Phi) is 5.76. The predicted molar refractivity (Wildman–Crippen MR) is 102 cm³/mol. The van der Waals surface area contributed by atoms with Gasteiger partial charge in [-0.05, 0) is 38.0 Å². The van der Waals surface area contributed by atoms with Gasteiger partial charge in [0, 0.05) is 50.0 Å². The number of nitrogens with zero attached hydrogens (tertiary/aromatic N) is 3. The summed E-state index contributed by atoms with van der Waals surface area (Å²) in [6, 6.07) is 0. The molecule has 1 atom stereocenters. The molecule has 144 valence electrons. The molecule has 1 aromatic rings. The topological polar surface area (TPSA) is 65.9 Å². The summed E-state index contributed by atoms with van der Waals surface area (Å²) in [6.45, 7) is 5.34. The summed E-state index contributed by atoms with van der Waals surface area (Å²) in [5.41, 5.74) is 1.15. The van der Waals surface area contributed by atoms with Crippen LogP contribution in [0.1, 0.15) is 36.3 Å². The summed E-state index contributed by atoms with van der Waals surface area (Å²) in [5.74, 6) is 0.993. The van der Waals surface area contributed by atoms with E-state index in [1.165, 1.54) is 4.88 Å². The van der Waals surface area contributed by atoms with E-state index < -0.39 is 0 Å². The third-order valence-electron chi connectivity index (χ3n) is 6.02. The lowest BCUT2D eigenvalue weighted by Crippen LogP contribution is -2.43. The van der Waals surface area contributed by atoms with Crippen LogP contribution in [0.25, 0.3) is 0 Å². The number of rotatable bonds is 4. The van der Waals surface area contributed by atoms with Crippen molar-refractivity contribution in [3.05, 3.63) is 10.6 Å². The number of aliphatic hydroxyl groups is 1. The molecule has 1 N–H and O–H groups in total. The maximum Gasteiger partial charge on any atom is 0.226 e. The van der Waals surface area contributed by atoms with Gasteiger partial charge in [0.25, 0.3) is 0 Å². The van der Waals surface area contributed by atoms with Crippen LogP contribution in [0, 0.1) is 11.8 Å². The fraction of sp³-hybridized carbons (Fsp3) is 0.789. The molecule has 2 saturated heterocycles. The molecule has 4 rings (SSSR count). The number of carbonyl (C=O) groups is 1. The molecular formula is C19H29N3O3S. The second-order valence-corrected chi connectivity index (χ2v) is 8.75. The number of aliphatic hydroxyl groups excluding tert-OH is 1. The van der Waals surface area contributed by atoms with Crippen molar-refractivity contribution in [2.24, 2.45) is 11.8 Å². The van der Waals surface area contributed by atoms with Crippen LogP contribution in [0.15, 0.2) is 0 Å². The van der Waals surface area contributed by atoms with Gasteiger partial charge in [-0.3, -0.25) is 4.79 Å². The summed E-state index contributed by atoms with van der Waals surface area (Å²) in [5, 5.41) is 10.2. The van der Waals surface area contributed by atoms with Gasteiger partial charge >= 0.3 is 0 Å². The molecule has 3 heterocycles. The van der Waals surface area contributed by atoms with Crippen LogP contribution >= 0.6 is 11.3 Å². The van der Waals surface area contributed by atoms with Crippen molar-refractivity contribution >= 4 is 22.4 Å². The van der Waals surface area contributed by atoms with Crippen molar-refractivity contribution < 1.29 is 14.6 Å². The number of aryl methyl sites for hydroxylation is 1. The Morgan fingerprint density at radius 2 is 1.96 bits per heavy atom. The second kappa shape index (κ2) is 8.23. The van der Waals surface area contributed by atoms with E-state index in [2.05, 4.69) is 9.80 Å². The molecule has 7 heteroatoms. The Morgan fingerprint density at radius 1 is 1.19 bits per heavy atom. The van der Waals surface area contributed by atoms with Crippen LogP contribution in [-0.4, -0.2) is 66.9 Å². The van der Waals surface area contributed by atoms with E-state index in [4.69, 9.17) is 14.8 Å². The minimum atomic E-state index is 0.0940. The Labute approximate surface area is 159 Å². The van der Waals surface area contributed by atoms with Crippen molar-refractivity contribution in [3.8, 4) is 0 Å². The van der Waals surface area contributed by atoms with Crippen molar-refractivity contribution in [1.82, 2.24) is 9.88 Å². The van der Waals surface area contributed by atoms with E-state index in [1.807, 2.05) is 11.3 Å². The molecule has 26 heavy (non-hydrogen) atoms. The van der Waals surface area contributed by atoms with Crippen LogP contribution in [-0.2, 0) is 22.4 Å². The average Bonchev–Trinajstić information content (AvgIpc) is 3.12. The molecular weight excluding hydrogens is 350 g/mol. The fourth-order valence-corrected chi connectivity index (χ4v) is 5.50. The minimum Gasteiger partial charge on any atom is -0.396 e. The largest absolute Gasteiger partial charge is 0.396 e. The van der Waals surface area contributed by atoms with Crippen LogP contribution in [0.2, 0.25) is 0 Å². The number of carbonyl (C=O) groups excluding carboxylic acids is 1. The summed E-state index contributed by atoms with van der Waals surface area (Å²) in [7, 11) is 0. The lowest BCUT2D eigenvalue weighted by Gasteiger charge is -2.34. The number of likely N-dealkylation sites (tertiary alicyclic amines) is 1. The smallest absolute Gasteiger partial charge is 0.226 e. The molecule has 0 aromatic carbocycles. The number of morpholine rings is 1. The van der Waals surface area contributed by atoms with Crippen LogP contribution in [0.5, 0.6) is 0 Å². The SMILES string of the molecule is O=C(C1CCc2sc(N3CCOCC3)nc2C1)N1CCC(CCO)CC1. The number of thiazole rings is 1. The molecule has 0 spiro atoms. The van der Waals surface area contributed by atoms with E-state index >= 15 is 0 Å². The van der Waals surface area contributed by atoms with E-state index in [-0.39, 0.29) is 12.5 Å². The number of anilines is 1. The maximum absolute atomic E-state index is 13.0. The molecule has 6 nitrogen and oxygen atoms in total. The van der Waals surface area contributed by atoms with E-state index in [0.717, 1.165) is 88.7 Å². The first-order chi connectivity index (χ1) is 12.7. The molecule has 0 radical (unpaired) electrons. The second-order valence-electron chi connectivity index (χ2n) is 7.69. The lowest BCUT2D eigenvalue weighted by atomic mass is 9.88. The van der Waals surface area contributed by atoms with E-state index in [1.54, 1.807) is 0 Å². The van der Waals surface area contributed by atoms with Crippen LogP contribution in [0.3, 0.4) is 0 Å². The highest BCUT2D eigenvalue weighted by Crippen LogP contribution is 2.35. The molecule has 2 fully saturated rings. The summed E-state index contributed by atoms with van der Waals surface area (Å²) >= 11 is 1.81. The number of ether oxygens (including phenoxy) is 1. The molecule has 0 bridgehead atoms. The first kappa shape index (κ1) is 18.2. The molecule has 1 amide bonds. The highest BCUT2D eigenvalue weighted by molar-refractivity contribution is 7.15. The number of hydrogen-bond donors (Lipinski definition) is 1. The number of piperidine rings is 1. The van der Waals surface area contributed by atoms with Gasteiger partial charge in [0.05, 0.1) is 18.9 Å². The molecule has 1 aliphatic carbocycles. The van der Waals surface area contributed by atoms with Gasteiger partial charge in [0.1, 0.15) is 0 Å². The van der Waals surface area contributed by atoms with Gasteiger partial charge < -0.3 is 19.6 Å². The maximum atomic E-state index is 13.0. The summed E-state index contributed by atoms with van der Waals surface area (Å²) < 4.78 is 5.43. The number of aromatic nitrogens is 1. The molecule has 1 aromatic heterocycles. The summed E-state index contributed by atoms with van der Waals surface area (Å²) in [4.78, 5) is 23.6. The van der Waals surface area contributed by atoms with Gasteiger partial charge in [0.2, 0.25) is 5.91 Å². The van der Waals surface area contributed by atoms with Gasteiger partial charge in [-0.15, -0.1) is 11.3 Å². The fourth-order valence-electron chi connectivity index (χ4n) is 4.35. The van der Waals surface area contributed by atoms with Gasteiger partial charge in [0.15, 0.2) is 5.13 Å². The predicted octanol–water partition coefficient (Wildman–Crippen LogP) is 1.71. The first-order valence-corrected chi connectivity index (χ1v) is 10.8. The zero-order valence-electron chi connectivity index (χ0n) is 15.4. The zero-order valence-corrected chi connectivity index (χ0v) is 16.2. The van der Waals surface area contributed by atoms with Crippen molar-refractivity contribution in [3.63, 3.8) is 0 Å². The Bertz CT molecular complexity index is 622. The lowest BCUT2D eigenvalue weighted by molar-refractivity contribution is -0.137. The molecule has 2 aliphatic heterocycles. The van der Waals surface area contributed by atoms with Crippen molar-refractivity contribution in [2.75, 3.05) is 50.9 Å². The van der Waals surface area contributed by atoms with Gasteiger partial charge in [-0.25, -0.2) is 4.98 Å². The molecule has 3 aliphatic rings. The number of hydrogen-bond acceptors (Lipinski definition) is 6. The minimum absolute atomic E-state index is 0.0940. The normalized spacial score (nSPS) is 24.6. The van der Waals surface area contributed by atoms with Crippen LogP contribution in [0.4, 0.5) is 5.13 Å². The highest BCUT2D eigenvalue weighted by atomic mass is 32.1. The van der Waals surface area contributed by atoms with Gasteiger partial charge in [-0.1, -0.05) is 0 Å². The zero-order chi connectivity index (χ0) is 17.9. The third kappa shape index (κ3) is 3.89. The van der Waals surface area contributed by atoms with Crippen LogP contribution < -0.4 is 4.90 Å². The summed E-state index contributed by atoms with van der Waals surface area (Å²) in [6.07, 6.45) is 5.66. The molecule has 0 saturated carbocycles. The van der Waals surface area contributed by atoms with E-state index in [0.29, 0.717) is 11.8 Å². The number of amides is 1. The standard InChI is InChI=1S/C19H29N3O3S/c23-10-5-14-3-6-21(7-4-14)18(24)15-1-2-17-16(13-15)20-19(26-17)22-8-11-25-12-9-22/h14-15,23H,1-13H2. The van der Waals surface area contributed by atoms with Crippen molar-refractivity contribution in [2.45, 2.75) is 38.5 Å². The third-order valence-corrected chi connectivity index (χ3v) is 7.24. The first-order valence-electron chi connectivity index (χ1n) is 9.95. The monoisotopic (exact) mass is 379 g/mol. The van der Waals surface area contributed by atoms with Gasteiger partial charge in [-0.2, -0.15) is 0 Å². The Balaban J connectivity index is 1.36. The van der Waals surface area contributed by atoms with E-state index in [9.17, 15) is 4.79 Å². The highest BCUT2D eigenvalue weighted by Gasteiger charge is 2.32. The quantitative estimate of drug-likeness (QED) is 0.863.